The molecule has 0 unspecified atom stereocenters. The van der Waals surface area contributed by atoms with Gasteiger partial charge in [-0.1, -0.05) is 30.3 Å². The van der Waals surface area contributed by atoms with E-state index in [-0.39, 0.29) is 30.9 Å². The number of rotatable bonds is 2. The van der Waals surface area contributed by atoms with Gasteiger partial charge in [0.1, 0.15) is 6.54 Å². The van der Waals surface area contributed by atoms with Crippen LogP contribution < -0.4 is 15.1 Å². The summed E-state index contributed by atoms with van der Waals surface area (Å²) in [6, 6.07) is 15.9. The van der Waals surface area contributed by atoms with Crippen LogP contribution in [0.3, 0.4) is 0 Å². The van der Waals surface area contributed by atoms with Crippen molar-refractivity contribution in [2.24, 2.45) is 0 Å². The molecular formula is C19H19N3O2. The molecule has 1 atom stereocenters. The van der Waals surface area contributed by atoms with E-state index in [0.29, 0.717) is 5.69 Å². The molecule has 0 radical (unpaired) electrons. The molecule has 0 aliphatic carbocycles. The third-order valence-electron chi connectivity index (χ3n) is 4.73. The molecule has 2 aliphatic heterocycles. The van der Waals surface area contributed by atoms with Gasteiger partial charge in [0.2, 0.25) is 11.8 Å². The van der Waals surface area contributed by atoms with E-state index in [1.165, 1.54) is 5.56 Å². The van der Waals surface area contributed by atoms with Crippen molar-refractivity contribution in [1.82, 2.24) is 0 Å². The lowest BCUT2D eigenvalue weighted by molar-refractivity contribution is -0.121. The summed E-state index contributed by atoms with van der Waals surface area (Å²) in [5.41, 5.74) is 3.85. The Morgan fingerprint density at radius 1 is 1.12 bits per heavy atom. The molecule has 0 fully saturated rings. The second-order valence-electron chi connectivity index (χ2n) is 6.35. The second-order valence-corrected chi connectivity index (χ2v) is 6.35. The number of benzene rings is 2. The van der Waals surface area contributed by atoms with Crippen LogP contribution in [-0.4, -0.2) is 30.9 Å². The molecule has 24 heavy (non-hydrogen) atoms. The fourth-order valence-electron chi connectivity index (χ4n) is 3.56. The number of nitrogens with one attached hydrogen (secondary N) is 1. The number of amides is 2. The highest BCUT2D eigenvalue weighted by Crippen LogP contribution is 2.33. The maximum Gasteiger partial charge on any atom is 0.247 e. The third-order valence-corrected chi connectivity index (χ3v) is 4.73. The van der Waals surface area contributed by atoms with Gasteiger partial charge in [0.05, 0.1) is 17.9 Å². The van der Waals surface area contributed by atoms with Crippen LogP contribution in [0, 0.1) is 0 Å². The highest BCUT2D eigenvalue weighted by molar-refractivity contribution is 6.10. The Morgan fingerprint density at radius 2 is 1.83 bits per heavy atom. The van der Waals surface area contributed by atoms with E-state index in [1.54, 1.807) is 4.90 Å². The number of fused-ring (bicyclic) bond motifs is 2. The van der Waals surface area contributed by atoms with Gasteiger partial charge in [-0.15, -0.1) is 0 Å². The average Bonchev–Trinajstić information content (AvgIpc) is 2.89. The van der Waals surface area contributed by atoms with Crippen LogP contribution >= 0.6 is 0 Å². The fourth-order valence-corrected chi connectivity index (χ4v) is 3.56. The van der Waals surface area contributed by atoms with Crippen LogP contribution in [-0.2, 0) is 16.0 Å². The predicted molar refractivity (Wildman–Crippen MR) is 94.4 cm³/mol. The van der Waals surface area contributed by atoms with Crippen LogP contribution in [0.2, 0.25) is 0 Å². The molecule has 2 aliphatic rings. The first kappa shape index (κ1) is 14.8. The molecule has 2 aromatic carbocycles. The molecule has 0 bridgehead atoms. The number of nitrogens with zero attached hydrogens (tertiary/aromatic N) is 2. The zero-order valence-corrected chi connectivity index (χ0v) is 13.5. The van der Waals surface area contributed by atoms with E-state index in [0.717, 1.165) is 17.8 Å². The number of carbonyl (C=O) groups excluding carboxylic acids is 2. The summed E-state index contributed by atoms with van der Waals surface area (Å²) < 4.78 is 0. The summed E-state index contributed by atoms with van der Waals surface area (Å²) in [6.07, 6.45) is 0.945. The van der Waals surface area contributed by atoms with E-state index in [4.69, 9.17) is 0 Å². The predicted octanol–water partition coefficient (Wildman–Crippen LogP) is 2.42. The van der Waals surface area contributed by atoms with Crippen LogP contribution in [0.1, 0.15) is 12.5 Å². The van der Waals surface area contributed by atoms with Crippen molar-refractivity contribution in [3.63, 3.8) is 0 Å². The van der Waals surface area contributed by atoms with Gasteiger partial charge in [-0.2, -0.15) is 0 Å². The molecule has 2 heterocycles. The topological polar surface area (TPSA) is 52.7 Å². The lowest BCUT2D eigenvalue weighted by Gasteiger charge is -2.32. The normalized spacial score (nSPS) is 18.9. The minimum Gasteiger partial charge on any atom is -0.359 e. The number of carbonyl (C=O) groups is 2. The number of anilines is 3. The Bertz CT molecular complexity index is 818. The van der Waals surface area contributed by atoms with E-state index in [1.807, 2.05) is 36.4 Å². The molecule has 0 saturated carbocycles. The van der Waals surface area contributed by atoms with E-state index >= 15 is 0 Å². The van der Waals surface area contributed by atoms with Crippen molar-refractivity contribution in [3.05, 3.63) is 54.1 Å². The van der Waals surface area contributed by atoms with Crippen molar-refractivity contribution < 1.29 is 9.59 Å². The summed E-state index contributed by atoms with van der Waals surface area (Å²) in [6.45, 7) is 2.48. The Balaban J connectivity index is 1.60. The average molecular weight is 321 g/mol. The van der Waals surface area contributed by atoms with E-state index in [9.17, 15) is 9.59 Å². The first-order valence-corrected chi connectivity index (χ1v) is 8.17. The summed E-state index contributed by atoms with van der Waals surface area (Å²) in [5, 5.41) is 2.82. The molecule has 122 valence electrons. The van der Waals surface area contributed by atoms with Crippen molar-refractivity contribution in [1.29, 1.82) is 0 Å². The Kier molecular flexibility index (Phi) is 3.49. The van der Waals surface area contributed by atoms with Crippen LogP contribution in [0.25, 0.3) is 0 Å². The zero-order valence-electron chi connectivity index (χ0n) is 13.5. The fraction of sp³-hybridized carbons (Fsp3) is 0.263. The molecule has 0 saturated heterocycles. The van der Waals surface area contributed by atoms with Crippen molar-refractivity contribution in [3.8, 4) is 0 Å². The molecule has 2 amide bonds. The Labute approximate surface area is 140 Å². The van der Waals surface area contributed by atoms with Gasteiger partial charge in [0, 0.05) is 11.7 Å². The Hall–Kier alpha value is -2.82. The minimum atomic E-state index is -0.156. The smallest absolute Gasteiger partial charge is 0.247 e. The van der Waals surface area contributed by atoms with Crippen molar-refractivity contribution >= 4 is 28.9 Å². The largest absolute Gasteiger partial charge is 0.359 e. The van der Waals surface area contributed by atoms with E-state index < -0.39 is 0 Å². The quantitative estimate of drug-likeness (QED) is 0.924. The maximum absolute atomic E-state index is 12.9. The molecule has 5 nitrogen and oxygen atoms in total. The van der Waals surface area contributed by atoms with Gasteiger partial charge in [-0.05, 0) is 37.1 Å². The molecule has 0 spiro atoms. The molecular weight excluding hydrogens is 302 g/mol. The second kappa shape index (κ2) is 5.67. The van der Waals surface area contributed by atoms with Gasteiger partial charge in [-0.25, -0.2) is 0 Å². The molecule has 2 aromatic rings. The minimum absolute atomic E-state index is 0.0548. The lowest BCUT2D eigenvalue weighted by Crippen LogP contribution is -2.47. The molecule has 0 aromatic heterocycles. The Morgan fingerprint density at radius 3 is 2.67 bits per heavy atom. The molecule has 1 N–H and O–H groups in total. The number of hydrogen-bond acceptors (Lipinski definition) is 3. The highest BCUT2D eigenvalue weighted by atomic mass is 16.2. The monoisotopic (exact) mass is 321 g/mol. The summed E-state index contributed by atoms with van der Waals surface area (Å²) >= 11 is 0. The first-order valence-electron chi connectivity index (χ1n) is 8.17. The summed E-state index contributed by atoms with van der Waals surface area (Å²) in [7, 11) is 0. The highest BCUT2D eigenvalue weighted by Gasteiger charge is 2.31. The van der Waals surface area contributed by atoms with Crippen LogP contribution in [0.15, 0.2) is 48.5 Å². The van der Waals surface area contributed by atoms with Crippen LogP contribution in [0.5, 0.6) is 0 Å². The molecule has 5 heteroatoms. The number of hydrogen-bond donors (Lipinski definition) is 1. The van der Waals surface area contributed by atoms with E-state index in [2.05, 4.69) is 29.3 Å². The van der Waals surface area contributed by atoms with Gasteiger partial charge in [-0.3, -0.25) is 14.5 Å². The van der Waals surface area contributed by atoms with Gasteiger partial charge in [0.15, 0.2) is 0 Å². The number of para-hydroxylation sites is 3. The summed E-state index contributed by atoms with van der Waals surface area (Å²) in [4.78, 5) is 28.6. The van der Waals surface area contributed by atoms with Gasteiger partial charge >= 0.3 is 0 Å². The first-order chi connectivity index (χ1) is 11.6. The van der Waals surface area contributed by atoms with Gasteiger partial charge in [0.25, 0.3) is 0 Å². The third kappa shape index (κ3) is 2.42. The molecule has 4 rings (SSSR count). The van der Waals surface area contributed by atoms with Gasteiger partial charge < -0.3 is 10.2 Å². The SMILES string of the molecule is C[C@H]1Cc2ccccc2N1CC(=O)N1CC(=O)Nc2ccccc21. The zero-order chi connectivity index (χ0) is 16.7. The van der Waals surface area contributed by atoms with Crippen molar-refractivity contribution in [2.75, 3.05) is 28.2 Å². The standard InChI is InChI=1S/C19H19N3O2/c1-13-10-14-6-2-4-8-16(14)21(13)12-19(24)22-11-18(23)20-15-7-3-5-9-17(15)22/h2-9,13H,10-12H2,1H3,(H,20,23)/t13-/m0/s1. The summed E-state index contributed by atoms with van der Waals surface area (Å²) in [5.74, 6) is -0.210. The maximum atomic E-state index is 12.9. The van der Waals surface area contributed by atoms with Crippen LogP contribution in [0.4, 0.5) is 17.1 Å². The van der Waals surface area contributed by atoms with Crippen molar-refractivity contribution in [2.45, 2.75) is 19.4 Å². The lowest BCUT2D eigenvalue weighted by atomic mass is 10.1.